The Morgan fingerprint density at radius 3 is 2.74 bits per heavy atom. The van der Waals surface area contributed by atoms with Crippen LogP contribution in [0.25, 0.3) is 5.70 Å². The molecule has 0 fully saturated rings. The first-order chi connectivity index (χ1) is 9.06. The van der Waals surface area contributed by atoms with Gasteiger partial charge in [-0.15, -0.1) is 0 Å². The van der Waals surface area contributed by atoms with Crippen molar-refractivity contribution in [2.45, 2.75) is 27.2 Å². The Labute approximate surface area is 114 Å². The highest BCUT2D eigenvalue weighted by molar-refractivity contribution is 5.98. The molecular formula is C16H21NO2. The van der Waals surface area contributed by atoms with Crippen molar-refractivity contribution in [3.63, 3.8) is 0 Å². The van der Waals surface area contributed by atoms with Crippen LogP contribution in [0.15, 0.2) is 29.8 Å². The van der Waals surface area contributed by atoms with Gasteiger partial charge in [-0.05, 0) is 30.7 Å². The number of hydrogen-bond acceptors (Lipinski definition) is 3. The third kappa shape index (κ3) is 2.50. The summed E-state index contributed by atoms with van der Waals surface area (Å²) in [5.41, 5.74) is 9.65. The van der Waals surface area contributed by atoms with E-state index in [1.165, 1.54) is 5.56 Å². The van der Waals surface area contributed by atoms with Crippen molar-refractivity contribution in [3.05, 3.63) is 41.0 Å². The molecule has 1 aliphatic rings. The molecule has 0 amide bonds. The molecule has 1 aromatic carbocycles. The Morgan fingerprint density at radius 2 is 2.11 bits per heavy atom. The lowest BCUT2D eigenvalue weighted by atomic mass is 9.76. The van der Waals surface area contributed by atoms with Crippen molar-refractivity contribution >= 4 is 11.7 Å². The summed E-state index contributed by atoms with van der Waals surface area (Å²) in [6, 6.07) is 8.02. The van der Waals surface area contributed by atoms with Crippen molar-refractivity contribution in [2.75, 3.05) is 6.61 Å². The number of rotatable bonds is 3. The Morgan fingerprint density at radius 1 is 1.42 bits per heavy atom. The van der Waals surface area contributed by atoms with Gasteiger partial charge in [0, 0.05) is 11.3 Å². The zero-order valence-electron chi connectivity index (χ0n) is 11.8. The smallest absolute Gasteiger partial charge is 0.336 e. The standard InChI is InChI=1S/C16H21NO2/c1-4-19-16(18)14-13(10(2)3)9-11-7-5-6-8-12(11)15(14)17/h5-8,10,13H,4,9,17H2,1-3H3/t13-/m0/s1. The van der Waals surface area contributed by atoms with E-state index in [0.29, 0.717) is 23.8 Å². The second-order valence-electron chi connectivity index (χ2n) is 5.26. The molecule has 1 aliphatic carbocycles. The minimum absolute atomic E-state index is 0.133. The molecule has 3 nitrogen and oxygen atoms in total. The number of carbonyl (C=O) groups excluding carboxylic acids is 1. The summed E-state index contributed by atoms with van der Waals surface area (Å²) < 4.78 is 5.17. The van der Waals surface area contributed by atoms with E-state index in [-0.39, 0.29) is 11.9 Å². The van der Waals surface area contributed by atoms with Crippen LogP contribution in [0, 0.1) is 11.8 Å². The molecule has 0 spiro atoms. The highest BCUT2D eigenvalue weighted by Crippen LogP contribution is 2.36. The number of ether oxygens (including phenoxy) is 1. The first-order valence-electron chi connectivity index (χ1n) is 6.81. The normalized spacial score (nSPS) is 18.4. The maximum Gasteiger partial charge on any atom is 0.336 e. The van der Waals surface area contributed by atoms with Gasteiger partial charge < -0.3 is 10.5 Å². The summed E-state index contributed by atoms with van der Waals surface area (Å²) in [5.74, 6) is 0.216. The van der Waals surface area contributed by atoms with Crippen LogP contribution in [-0.4, -0.2) is 12.6 Å². The Balaban J connectivity index is 2.52. The molecule has 19 heavy (non-hydrogen) atoms. The highest BCUT2D eigenvalue weighted by Gasteiger charge is 2.32. The quantitative estimate of drug-likeness (QED) is 0.849. The van der Waals surface area contributed by atoms with E-state index in [1.54, 1.807) is 0 Å². The van der Waals surface area contributed by atoms with E-state index >= 15 is 0 Å². The summed E-state index contributed by atoms with van der Waals surface area (Å²) in [5, 5.41) is 0. The number of hydrogen-bond donors (Lipinski definition) is 1. The lowest BCUT2D eigenvalue weighted by Crippen LogP contribution is -2.29. The average Bonchev–Trinajstić information content (AvgIpc) is 2.38. The van der Waals surface area contributed by atoms with E-state index in [9.17, 15) is 4.79 Å². The molecule has 0 saturated carbocycles. The summed E-state index contributed by atoms with van der Waals surface area (Å²) in [6.07, 6.45) is 0.850. The number of esters is 1. The topological polar surface area (TPSA) is 52.3 Å². The SMILES string of the molecule is CCOC(=O)C1=C(N)c2ccccc2C[C@H]1C(C)C. The van der Waals surface area contributed by atoms with Crippen LogP contribution < -0.4 is 5.73 Å². The molecule has 2 N–H and O–H groups in total. The fourth-order valence-corrected chi connectivity index (χ4v) is 2.68. The lowest BCUT2D eigenvalue weighted by molar-refractivity contribution is -0.139. The zero-order valence-corrected chi connectivity index (χ0v) is 11.8. The number of fused-ring (bicyclic) bond motifs is 1. The fraction of sp³-hybridized carbons (Fsp3) is 0.438. The van der Waals surface area contributed by atoms with Crippen molar-refractivity contribution in [3.8, 4) is 0 Å². The van der Waals surface area contributed by atoms with E-state index in [1.807, 2.05) is 25.1 Å². The van der Waals surface area contributed by atoms with Crippen molar-refractivity contribution in [2.24, 2.45) is 17.6 Å². The highest BCUT2D eigenvalue weighted by atomic mass is 16.5. The molecule has 0 radical (unpaired) electrons. The van der Waals surface area contributed by atoms with Gasteiger partial charge in [-0.3, -0.25) is 0 Å². The molecule has 0 saturated heterocycles. The predicted molar refractivity (Wildman–Crippen MR) is 76.2 cm³/mol. The number of benzene rings is 1. The van der Waals surface area contributed by atoms with Gasteiger partial charge in [0.1, 0.15) is 0 Å². The molecule has 0 aromatic heterocycles. The molecule has 102 valence electrons. The molecule has 1 aromatic rings. The molecule has 2 rings (SSSR count). The van der Waals surface area contributed by atoms with Gasteiger partial charge in [-0.1, -0.05) is 38.1 Å². The van der Waals surface area contributed by atoms with Crippen LogP contribution in [-0.2, 0) is 16.0 Å². The Kier molecular flexibility index (Phi) is 3.93. The number of carbonyl (C=O) groups is 1. The maximum atomic E-state index is 12.2. The van der Waals surface area contributed by atoms with Crippen LogP contribution in [0.3, 0.4) is 0 Å². The van der Waals surface area contributed by atoms with Crippen LogP contribution in [0.5, 0.6) is 0 Å². The summed E-state index contributed by atoms with van der Waals surface area (Å²) in [7, 11) is 0. The second kappa shape index (κ2) is 5.47. The van der Waals surface area contributed by atoms with Gasteiger partial charge >= 0.3 is 5.97 Å². The third-order valence-corrected chi connectivity index (χ3v) is 3.71. The van der Waals surface area contributed by atoms with Gasteiger partial charge in [-0.25, -0.2) is 4.79 Å². The molecule has 0 unspecified atom stereocenters. The van der Waals surface area contributed by atoms with Gasteiger partial charge in [0.15, 0.2) is 0 Å². The monoisotopic (exact) mass is 259 g/mol. The van der Waals surface area contributed by atoms with Crippen molar-refractivity contribution in [1.82, 2.24) is 0 Å². The second-order valence-corrected chi connectivity index (χ2v) is 5.26. The first kappa shape index (κ1) is 13.7. The average molecular weight is 259 g/mol. The van der Waals surface area contributed by atoms with Crippen LogP contribution >= 0.6 is 0 Å². The Bertz CT molecular complexity index is 517. The van der Waals surface area contributed by atoms with E-state index in [2.05, 4.69) is 19.9 Å². The molecule has 3 heteroatoms. The van der Waals surface area contributed by atoms with Gasteiger partial charge in [0.05, 0.1) is 12.2 Å². The predicted octanol–water partition coefficient (Wildman–Crippen LogP) is 2.75. The molecule has 0 bridgehead atoms. The molecular weight excluding hydrogens is 238 g/mol. The maximum absolute atomic E-state index is 12.2. The van der Waals surface area contributed by atoms with Gasteiger partial charge in [-0.2, -0.15) is 0 Å². The first-order valence-corrected chi connectivity index (χ1v) is 6.81. The van der Waals surface area contributed by atoms with Crippen molar-refractivity contribution in [1.29, 1.82) is 0 Å². The molecule has 1 atom stereocenters. The van der Waals surface area contributed by atoms with Crippen LogP contribution in [0.4, 0.5) is 0 Å². The summed E-state index contributed by atoms with van der Waals surface area (Å²) >= 11 is 0. The molecule has 0 aliphatic heterocycles. The van der Waals surface area contributed by atoms with E-state index in [4.69, 9.17) is 10.5 Å². The van der Waals surface area contributed by atoms with Crippen LogP contribution in [0.2, 0.25) is 0 Å². The minimum atomic E-state index is -0.270. The molecule has 0 heterocycles. The number of nitrogens with two attached hydrogens (primary N) is 1. The Hall–Kier alpha value is -1.77. The fourth-order valence-electron chi connectivity index (χ4n) is 2.68. The zero-order chi connectivity index (χ0) is 14.0. The van der Waals surface area contributed by atoms with E-state index in [0.717, 1.165) is 12.0 Å². The van der Waals surface area contributed by atoms with Gasteiger partial charge in [0.25, 0.3) is 0 Å². The van der Waals surface area contributed by atoms with Gasteiger partial charge in [0.2, 0.25) is 0 Å². The minimum Gasteiger partial charge on any atom is -0.463 e. The largest absolute Gasteiger partial charge is 0.463 e. The summed E-state index contributed by atoms with van der Waals surface area (Å²) in [6.45, 7) is 6.42. The van der Waals surface area contributed by atoms with Crippen molar-refractivity contribution < 1.29 is 9.53 Å². The van der Waals surface area contributed by atoms with E-state index < -0.39 is 0 Å². The summed E-state index contributed by atoms with van der Waals surface area (Å²) in [4.78, 5) is 12.2. The lowest BCUT2D eigenvalue weighted by Gasteiger charge is -2.30. The van der Waals surface area contributed by atoms with Crippen LogP contribution in [0.1, 0.15) is 31.9 Å². The third-order valence-electron chi connectivity index (χ3n) is 3.71.